The van der Waals surface area contributed by atoms with Crippen molar-refractivity contribution < 1.29 is 137 Å². The minimum atomic E-state index is -1.12. The molecule has 18 heteroatoms. The molecule has 12 aromatic rings. The monoisotopic (exact) mass is 1570 g/mol. The average Bonchev–Trinajstić information content (AvgIpc) is 0.811. The minimum Gasteiger partial charge on any atom is -0.545 e. The summed E-state index contributed by atoms with van der Waals surface area (Å²) in [5.41, 5.74) is 12.1. The fourth-order valence-electron chi connectivity index (χ4n) is 8.62. The first kappa shape index (κ1) is 81.0. The number of carbonyl (C=O) groups is 6. The molecule has 0 spiro atoms. The van der Waals surface area contributed by atoms with Crippen molar-refractivity contribution in [2.24, 2.45) is 0 Å². The molecule has 0 saturated carbocycles. The summed E-state index contributed by atoms with van der Waals surface area (Å²) in [6.07, 6.45) is 12.8. The van der Waals surface area contributed by atoms with E-state index < -0.39 is 35.8 Å². The van der Waals surface area contributed by atoms with E-state index in [1.54, 1.807) is 170 Å². The topological polar surface area (TPSA) is 292 Å². The molecule has 0 fully saturated rings. The zero-order chi connectivity index (χ0) is 68.4. The van der Waals surface area contributed by atoms with Gasteiger partial charge >= 0.3 is 77.2 Å². The number of aryl methyl sites for hydroxylation is 6. The first-order valence-electron chi connectivity index (χ1n) is 30.3. The van der Waals surface area contributed by atoms with Crippen molar-refractivity contribution in [2.75, 3.05) is 0 Å². The van der Waals surface area contributed by atoms with Crippen LogP contribution in [0.2, 0.25) is 0 Å². The summed E-state index contributed by atoms with van der Waals surface area (Å²) in [6, 6.07) is 64.6. The van der Waals surface area contributed by atoms with E-state index in [1.165, 1.54) is 0 Å². The van der Waals surface area contributed by atoms with Gasteiger partial charge in [0, 0.05) is 46.3 Å². The molecule has 0 saturated heterocycles. The molecule has 0 aliphatic heterocycles. The number of pyridine rings is 4. The number of nitrogens with zero attached hydrogens (tertiary/aromatic N) is 4. The molecular weight excluding hydrogens is 1500 g/mol. The van der Waals surface area contributed by atoms with Gasteiger partial charge in [0.15, 0.2) is 0 Å². The molecule has 96 heavy (non-hydrogen) atoms. The Hall–Kier alpha value is -9.21. The van der Waals surface area contributed by atoms with E-state index in [0.717, 1.165) is 116 Å². The fraction of sp³-hybridized carbons (Fsp3) is 0.154. The van der Waals surface area contributed by atoms with Gasteiger partial charge in [0.1, 0.15) is 0 Å². The second kappa shape index (κ2) is 43.7. The van der Waals surface area contributed by atoms with Crippen LogP contribution in [0, 0.1) is 77.2 Å². The van der Waals surface area contributed by atoms with Crippen LogP contribution in [0.1, 0.15) is 137 Å². The molecule has 12 rings (SSSR count). The Balaban J connectivity index is 0.000000286. The maximum Gasteiger partial charge on any atom is 3.00 e. The second-order valence-corrected chi connectivity index (χ2v) is 20.5. The van der Waals surface area contributed by atoms with E-state index in [1.807, 2.05) is 65.8 Å². The predicted octanol–water partition coefficient (Wildman–Crippen LogP) is 9.24. The average molecular weight is 1570 g/mol. The van der Waals surface area contributed by atoms with Gasteiger partial charge in [-0.25, -0.2) is 0 Å². The van der Waals surface area contributed by atoms with Gasteiger partial charge in [-0.2, -0.15) is 0 Å². The van der Waals surface area contributed by atoms with Gasteiger partial charge in [-0.1, -0.05) is 236 Å². The summed E-state index contributed by atoms with van der Waals surface area (Å²) in [4.78, 5) is 79.1. The van der Waals surface area contributed by atoms with E-state index in [4.69, 9.17) is 0 Å². The Morgan fingerprint density at radius 3 is 0.479 bits per heavy atom. The Morgan fingerprint density at radius 1 is 0.229 bits per heavy atom. The van der Waals surface area contributed by atoms with Gasteiger partial charge in [-0.3, -0.25) is 19.9 Å². The van der Waals surface area contributed by atoms with E-state index in [-0.39, 0.29) is 111 Å². The molecule has 0 bridgehead atoms. The number of hydrogen-bond acceptors (Lipinski definition) is 16. The predicted molar refractivity (Wildman–Crippen MR) is 355 cm³/mol. The Bertz CT molecular complexity index is 3720. The van der Waals surface area contributed by atoms with E-state index in [0.29, 0.717) is 0 Å². The Morgan fingerprint density at radius 2 is 0.365 bits per heavy atom. The van der Waals surface area contributed by atoms with Crippen molar-refractivity contribution >= 4 is 79.4 Å². The molecule has 0 radical (unpaired) electrons. The standard InChI is InChI=1S/2C12H8N2.6C9H10O2.2Tb/c2*1-3-9-5-6-10-4-2-8-14-12(10)11(9)13-7-1;6*1-2-7-3-5-8(6-4-7)9(10)11;;/h2*1-8H;6*3-6H,2H2,1H3,(H,10,11);;/q;;;;;;;;2*+3/p-6. The second-order valence-electron chi connectivity index (χ2n) is 20.5. The summed E-state index contributed by atoms with van der Waals surface area (Å²) < 4.78 is 0. The molecule has 0 N–H and O–H groups in total. The molecule has 0 aliphatic carbocycles. The third-order valence-corrected chi connectivity index (χ3v) is 14.3. The molecule has 0 atom stereocenters. The maximum absolute atomic E-state index is 10.3. The van der Waals surface area contributed by atoms with Crippen LogP contribution in [0.4, 0.5) is 0 Å². The van der Waals surface area contributed by atoms with E-state index >= 15 is 0 Å². The van der Waals surface area contributed by atoms with Crippen molar-refractivity contribution in [2.45, 2.75) is 80.1 Å². The third kappa shape index (κ3) is 26.9. The van der Waals surface area contributed by atoms with E-state index in [2.05, 4.69) is 68.5 Å². The van der Waals surface area contributed by atoms with Crippen LogP contribution < -0.4 is 30.6 Å². The molecule has 8 aromatic carbocycles. The normalized spacial score (nSPS) is 9.73. The molecule has 0 aliphatic rings. The largest absolute Gasteiger partial charge is 3.00 e. The number of benzene rings is 8. The smallest absolute Gasteiger partial charge is 0.545 e. The molecule has 0 unspecified atom stereocenters. The Labute approximate surface area is 620 Å². The van der Waals surface area contributed by atoms with Gasteiger partial charge in [0.2, 0.25) is 0 Å². The Kier molecular flexibility index (Phi) is 36.9. The van der Waals surface area contributed by atoms with Crippen LogP contribution >= 0.6 is 0 Å². The molecule has 16 nitrogen and oxygen atoms in total. The zero-order valence-electron chi connectivity index (χ0n) is 53.7. The van der Waals surface area contributed by atoms with Crippen LogP contribution in [0.5, 0.6) is 0 Å². The molecule has 0 amide bonds. The van der Waals surface area contributed by atoms with Crippen LogP contribution in [-0.2, 0) is 38.5 Å². The summed E-state index contributed by atoms with van der Waals surface area (Å²) in [6.45, 7) is 12.1. The number of aromatic nitrogens is 4. The molecule has 4 heterocycles. The third-order valence-electron chi connectivity index (χ3n) is 14.3. The summed E-state index contributed by atoms with van der Waals surface area (Å²) >= 11 is 0. The quantitative estimate of drug-likeness (QED) is 0.103. The number of carbonyl (C=O) groups excluding carboxylic acids is 6. The number of fused-ring (bicyclic) bond motifs is 6. The first-order valence-corrected chi connectivity index (χ1v) is 30.3. The number of hydrogen-bond donors (Lipinski definition) is 0. The van der Waals surface area contributed by atoms with Crippen molar-refractivity contribution in [3.63, 3.8) is 0 Å². The fourth-order valence-corrected chi connectivity index (χ4v) is 8.62. The van der Waals surface area contributed by atoms with Crippen molar-refractivity contribution in [1.29, 1.82) is 0 Å². The number of carboxylic acids is 6. The van der Waals surface area contributed by atoms with Gasteiger partial charge in [0.25, 0.3) is 0 Å². The van der Waals surface area contributed by atoms with Crippen molar-refractivity contribution in [1.82, 2.24) is 19.9 Å². The number of rotatable bonds is 12. The van der Waals surface area contributed by atoms with Crippen molar-refractivity contribution in [3.05, 3.63) is 310 Å². The summed E-state index contributed by atoms with van der Waals surface area (Å²) in [7, 11) is 0. The summed E-state index contributed by atoms with van der Waals surface area (Å²) in [5, 5.41) is 66.3. The molecule has 492 valence electrons. The van der Waals surface area contributed by atoms with Gasteiger partial charge in [-0.15, -0.1) is 0 Å². The van der Waals surface area contributed by atoms with Crippen molar-refractivity contribution in [3.8, 4) is 0 Å². The van der Waals surface area contributed by atoms with Crippen LogP contribution in [0.25, 0.3) is 43.6 Å². The number of aromatic carboxylic acids is 6. The van der Waals surface area contributed by atoms with Gasteiger partial charge in [-0.05, 0) is 130 Å². The van der Waals surface area contributed by atoms with E-state index in [9.17, 15) is 59.4 Å². The SMILES string of the molecule is CCc1ccc(C(=O)[O-])cc1.CCc1ccc(C(=O)[O-])cc1.CCc1ccc(C(=O)[O-])cc1.CCc1ccc(C(=O)[O-])cc1.CCc1ccc(C(=O)[O-])cc1.CCc1ccc(C(=O)[O-])cc1.[Tb+3].[Tb+3].c1cnc2c(c1)ccc1cccnc12.c1cnc2c(c1)ccc1cccnc12. The van der Waals surface area contributed by atoms with Crippen LogP contribution in [-0.4, -0.2) is 55.8 Å². The molecule has 4 aromatic heterocycles. The minimum absolute atomic E-state index is 0. The zero-order valence-corrected chi connectivity index (χ0v) is 58.0. The maximum atomic E-state index is 10.3. The van der Waals surface area contributed by atoms with Crippen LogP contribution in [0.15, 0.2) is 243 Å². The summed E-state index contributed by atoms with van der Waals surface area (Å²) in [5.74, 6) is -6.71. The van der Waals surface area contributed by atoms with Crippen LogP contribution in [0.3, 0.4) is 0 Å². The molecular formula is C78H70N4O12Tb2. The van der Waals surface area contributed by atoms with Gasteiger partial charge < -0.3 is 59.4 Å². The number of carboxylic acid groups (broad SMARTS) is 6. The van der Waals surface area contributed by atoms with Gasteiger partial charge in [0.05, 0.1) is 57.9 Å². The first-order chi connectivity index (χ1) is 45.3.